The van der Waals surface area contributed by atoms with Gasteiger partial charge in [0.15, 0.2) is 0 Å². The molecule has 0 radical (unpaired) electrons. The zero-order valence-electron chi connectivity index (χ0n) is 13.8. The first-order chi connectivity index (χ1) is 10.6. The molecule has 0 spiro atoms. The Morgan fingerprint density at radius 1 is 1.45 bits per heavy atom. The van der Waals surface area contributed by atoms with Crippen molar-refractivity contribution in [1.82, 2.24) is 9.88 Å². The first-order valence-corrected chi connectivity index (χ1v) is 8.09. The highest BCUT2D eigenvalue weighted by molar-refractivity contribution is 5.87. The minimum Gasteiger partial charge on any atom is -0.464 e. The third-order valence-electron chi connectivity index (χ3n) is 4.38. The second-order valence-electron chi connectivity index (χ2n) is 5.92. The Labute approximate surface area is 133 Å². The number of carbonyl (C=O) groups is 1. The maximum absolute atomic E-state index is 11.3. The molecule has 120 valence electrons. The lowest BCUT2D eigenvalue weighted by atomic mass is 9.91. The number of carbonyl (C=O) groups excluding carboxylic acids is 1. The lowest BCUT2D eigenvalue weighted by Gasteiger charge is -2.37. The smallest absolute Gasteiger partial charge is 0.356 e. The molecule has 1 saturated carbocycles. The molecular formula is C18H26N2O2. The fourth-order valence-electron chi connectivity index (χ4n) is 2.74. The highest BCUT2D eigenvalue weighted by atomic mass is 16.5. The van der Waals surface area contributed by atoms with Crippen LogP contribution in [0, 0.1) is 0 Å². The topological polar surface area (TPSA) is 42.4 Å². The molecule has 1 aliphatic rings. The lowest BCUT2D eigenvalue weighted by molar-refractivity contribution is 0.0594. The minimum atomic E-state index is -0.397. The van der Waals surface area contributed by atoms with Crippen LogP contribution in [-0.2, 0) is 4.74 Å². The zero-order chi connectivity index (χ0) is 15.9. The van der Waals surface area contributed by atoms with E-state index in [2.05, 4.69) is 34.5 Å². The predicted molar refractivity (Wildman–Crippen MR) is 88.7 cm³/mol. The van der Waals surface area contributed by atoms with E-state index < -0.39 is 5.97 Å². The van der Waals surface area contributed by atoms with Gasteiger partial charge in [0.25, 0.3) is 0 Å². The maximum Gasteiger partial charge on any atom is 0.356 e. The van der Waals surface area contributed by atoms with Crippen LogP contribution in [0.5, 0.6) is 0 Å². The van der Waals surface area contributed by atoms with Crippen molar-refractivity contribution in [2.75, 3.05) is 20.2 Å². The number of hydrogen-bond acceptors (Lipinski definition) is 4. The Hall–Kier alpha value is -1.68. The van der Waals surface area contributed by atoms with Gasteiger partial charge in [0.2, 0.25) is 0 Å². The third-order valence-corrected chi connectivity index (χ3v) is 4.38. The Bertz CT molecular complexity index is 518. The van der Waals surface area contributed by atoms with Crippen molar-refractivity contribution in [2.45, 2.75) is 45.6 Å². The van der Waals surface area contributed by atoms with E-state index in [-0.39, 0.29) is 0 Å². The molecule has 2 rings (SSSR count). The van der Waals surface area contributed by atoms with Crippen LogP contribution in [0.3, 0.4) is 0 Å². The minimum absolute atomic E-state index is 0.347. The molecule has 4 nitrogen and oxygen atoms in total. The first-order valence-electron chi connectivity index (χ1n) is 8.09. The van der Waals surface area contributed by atoms with Crippen molar-refractivity contribution in [3.8, 4) is 0 Å². The first kappa shape index (κ1) is 16.7. The van der Waals surface area contributed by atoms with Crippen molar-refractivity contribution in [3.05, 3.63) is 35.2 Å². The van der Waals surface area contributed by atoms with Crippen LogP contribution in [0.25, 0.3) is 6.08 Å². The Balaban J connectivity index is 1.89. The van der Waals surface area contributed by atoms with Crippen molar-refractivity contribution < 1.29 is 9.53 Å². The SMILES string of the molecule is CCN(CC/C(C)=C\c1ccc(C(=O)OC)nc1)C1CCC1. The van der Waals surface area contributed by atoms with Gasteiger partial charge < -0.3 is 9.64 Å². The molecule has 1 fully saturated rings. The monoisotopic (exact) mass is 302 g/mol. The summed E-state index contributed by atoms with van der Waals surface area (Å²) in [6.07, 6.45) is 9.03. The van der Waals surface area contributed by atoms with E-state index in [0.29, 0.717) is 5.69 Å². The summed E-state index contributed by atoms with van der Waals surface area (Å²) in [6, 6.07) is 4.42. The van der Waals surface area contributed by atoms with Crippen LogP contribution >= 0.6 is 0 Å². The van der Waals surface area contributed by atoms with Gasteiger partial charge in [-0.2, -0.15) is 0 Å². The summed E-state index contributed by atoms with van der Waals surface area (Å²) in [7, 11) is 1.36. The van der Waals surface area contributed by atoms with Crippen LogP contribution in [0.2, 0.25) is 0 Å². The summed E-state index contributed by atoms with van der Waals surface area (Å²) in [5.74, 6) is -0.397. The maximum atomic E-state index is 11.3. The van der Waals surface area contributed by atoms with E-state index >= 15 is 0 Å². The summed E-state index contributed by atoms with van der Waals surface area (Å²) in [6.45, 7) is 6.65. The molecule has 0 bridgehead atoms. The number of rotatable bonds is 7. The predicted octanol–water partition coefficient (Wildman–Crippen LogP) is 3.54. The lowest BCUT2D eigenvalue weighted by Crippen LogP contribution is -2.40. The molecule has 1 aromatic rings. The third kappa shape index (κ3) is 4.41. The zero-order valence-corrected chi connectivity index (χ0v) is 13.8. The number of nitrogens with zero attached hydrogens (tertiary/aromatic N) is 2. The van der Waals surface area contributed by atoms with Crippen molar-refractivity contribution in [3.63, 3.8) is 0 Å². The van der Waals surface area contributed by atoms with E-state index in [1.54, 1.807) is 12.3 Å². The summed E-state index contributed by atoms with van der Waals surface area (Å²) in [5, 5.41) is 0. The van der Waals surface area contributed by atoms with Gasteiger partial charge in [-0.3, -0.25) is 0 Å². The average Bonchev–Trinajstić information content (AvgIpc) is 2.49. The molecule has 0 unspecified atom stereocenters. The summed E-state index contributed by atoms with van der Waals surface area (Å²) < 4.78 is 4.65. The van der Waals surface area contributed by atoms with Gasteiger partial charge in [-0.25, -0.2) is 9.78 Å². The van der Waals surface area contributed by atoms with E-state index in [9.17, 15) is 4.79 Å². The van der Waals surface area contributed by atoms with Crippen LogP contribution in [0.4, 0.5) is 0 Å². The number of aromatic nitrogens is 1. The molecule has 22 heavy (non-hydrogen) atoms. The number of esters is 1. The molecule has 0 amide bonds. The molecule has 1 aliphatic carbocycles. The van der Waals surface area contributed by atoms with Crippen LogP contribution < -0.4 is 0 Å². The van der Waals surface area contributed by atoms with Crippen molar-refractivity contribution in [2.24, 2.45) is 0 Å². The van der Waals surface area contributed by atoms with Crippen molar-refractivity contribution >= 4 is 12.0 Å². The van der Waals surface area contributed by atoms with E-state index in [0.717, 1.165) is 31.1 Å². The molecule has 1 heterocycles. The van der Waals surface area contributed by atoms with Crippen LogP contribution in [-0.4, -0.2) is 42.1 Å². The van der Waals surface area contributed by atoms with Gasteiger partial charge in [-0.1, -0.05) is 31.1 Å². The summed E-state index contributed by atoms with van der Waals surface area (Å²) in [5.41, 5.74) is 2.71. The molecular weight excluding hydrogens is 276 g/mol. The summed E-state index contributed by atoms with van der Waals surface area (Å²) in [4.78, 5) is 18.1. The molecule has 0 atom stereocenters. The van der Waals surface area contributed by atoms with Crippen LogP contribution in [0.15, 0.2) is 23.9 Å². The standard InChI is InChI=1S/C18H26N2O2/c1-4-20(16-6-5-7-16)11-10-14(2)12-15-8-9-17(19-13-15)18(21)22-3/h8-9,12-13,16H,4-7,10-11H2,1-3H3/b14-12-. The van der Waals surface area contributed by atoms with Gasteiger partial charge in [0.1, 0.15) is 5.69 Å². The second-order valence-corrected chi connectivity index (χ2v) is 5.92. The Kier molecular flexibility index (Phi) is 6.13. The highest BCUT2D eigenvalue weighted by Gasteiger charge is 2.22. The average molecular weight is 302 g/mol. The van der Waals surface area contributed by atoms with Crippen LogP contribution in [0.1, 0.15) is 55.6 Å². The fourth-order valence-corrected chi connectivity index (χ4v) is 2.74. The van der Waals surface area contributed by atoms with Gasteiger partial charge >= 0.3 is 5.97 Å². The van der Waals surface area contributed by atoms with Gasteiger partial charge in [-0.05, 0) is 44.4 Å². The Morgan fingerprint density at radius 3 is 2.73 bits per heavy atom. The molecule has 0 aliphatic heterocycles. The fraction of sp³-hybridized carbons (Fsp3) is 0.556. The number of methoxy groups -OCH3 is 1. The Morgan fingerprint density at radius 2 is 2.23 bits per heavy atom. The van der Waals surface area contributed by atoms with E-state index in [4.69, 9.17) is 0 Å². The van der Waals surface area contributed by atoms with E-state index in [1.807, 2.05) is 6.07 Å². The molecule has 0 aromatic carbocycles. The van der Waals surface area contributed by atoms with Gasteiger partial charge in [0, 0.05) is 18.8 Å². The normalized spacial score (nSPS) is 15.7. The van der Waals surface area contributed by atoms with Gasteiger partial charge in [0.05, 0.1) is 7.11 Å². The molecule has 0 N–H and O–H groups in total. The highest BCUT2D eigenvalue weighted by Crippen LogP contribution is 2.25. The van der Waals surface area contributed by atoms with Crippen molar-refractivity contribution in [1.29, 1.82) is 0 Å². The molecule has 1 aromatic heterocycles. The van der Waals surface area contributed by atoms with Gasteiger partial charge in [-0.15, -0.1) is 0 Å². The summed E-state index contributed by atoms with van der Waals surface area (Å²) >= 11 is 0. The van der Waals surface area contributed by atoms with E-state index in [1.165, 1.54) is 31.9 Å². The molecule has 0 saturated heterocycles. The number of hydrogen-bond donors (Lipinski definition) is 0. The largest absolute Gasteiger partial charge is 0.464 e. The number of ether oxygens (including phenoxy) is 1. The molecule has 4 heteroatoms. The second kappa shape index (κ2) is 8.08. The quantitative estimate of drug-likeness (QED) is 0.723. The number of pyridine rings is 1.